The molecule has 4 aromatic carbocycles. The second-order valence-electron chi connectivity index (χ2n) is 14.7. The zero-order valence-corrected chi connectivity index (χ0v) is 27.9. The molecule has 0 spiro atoms. The van der Waals surface area contributed by atoms with Gasteiger partial charge in [0.1, 0.15) is 0 Å². The third kappa shape index (κ3) is 7.04. The zero-order chi connectivity index (χ0) is 31.9. The molecular weight excluding hydrogens is 560 g/mol. The largest absolute Gasteiger partial charge is 0.392 e. The molecule has 0 bridgehead atoms. The van der Waals surface area contributed by atoms with Crippen LogP contribution in [0, 0.1) is 17.3 Å². The lowest BCUT2D eigenvalue weighted by Gasteiger charge is -2.54. The molecule has 2 nitrogen and oxygen atoms in total. The summed E-state index contributed by atoms with van der Waals surface area (Å²) in [6, 6.07) is 43.2. The average Bonchev–Trinajstić information content (AvgIpc) is 3.11. The van der Waals surface area contributed by atoms with Gasteiger partial charge in [-0.1, -0.05) is 161 Å². The summed E-state index contributed by atoms with van der Waals surface area (Å²) in [5, 5.41) is 24.1. The van der Waals surface area contributed by atoms with Crippen molar-refractivity contribution in [1.82, 2.24) is 0 Å². The molecule has 2 N–H and O–H groups in total. The number of hydrogen-bond donors (Lipinski definition) is 2. The highest BCUT2D eigenvalue weighted by Crippen LogP contribution is 2.59. The third-order valence-corrected chi connectivity index (χ3v) is 12.1. The summed E-state index contributed by atoms with van der Waals surface area (Å²) in [6.07, 6.45) is 9.41. The van der Waals surface area contributed by atoms with Crippen LogP contribution in [-0.2, 0) is 0 Å². The van der Waals surface area contributed by atoms with Gasteiger partial charge in [0.05, 0.1) is 12.2 Å². The van der Waals surface area contributed by atoms with Crippen LogP contribution in [0.1, 0.15) is 118 Å². The fourth-order valence-electron chi connectivity index (χ4n) is 9.42. The average molecular weight is 615 g/mol. The van der Waals surface area contributed by atoms with E-state index in [-0.39, 0.29) is 29.1 Å². The van der Waals surface area contributed by atoms with Gasteiger partial charge < -0.3 is 10.2 Å². The lowest BCUT2D eigenvalue weighted by atomic mass is 9.51. The summed E-state index contributed by atoms with van der Waals surface area (Å²) in [4.78, 5) is 0. The first-order valence-corrected chi connectivity index (χ1v) is 18.1. The van der Waals surface area contributed by atoms with E-state index in [2.05, 4.69) is 135 Å². The Morgan fingerprint density at radius 1 is 0.478 bits per heavy atom. The van der Waals surface area contributed by atoms with Gasteiger partial charge in [0.25, 0.3) is 0 Å². The second kappa shape index (κ2) is 15.1. The van der Waals surface area contributed by atoms with Gasteiger partial charge in [-0.3, -0.25) is 0 Å². The van der Waals surface area contributed by atoms with Crippen molar-refractivity contribution in [3.05, 3.63) is 144 Å². The van der Waals surface area contributed by atoms with E-state index >= 15 is 0 Å². The Bertz CT molecular complexity index is 1250. The summed E-state index contributed by atoms with van der Waals surface area (Å²) in [7, 11) is 0. The van der Waals surface area contributed by atoms with Gasteiger partial charge in [0.15, 0.2) is 0 Å². The molecule has 4 aromatic rings. The molecule has 0 aromatic heterocycles. The summed E-state index contributed by atoms with van der Waals surface area (Å²) < 4.78 is 0. The quantitative estimate of drug-likeness (QED) is 0.165. The molecule has 2 aliphatic rings. The first-order chi connectivity index (χ1) is 22.5. The van der Waals surface area contributed by atoms with Crippen molar-refractivity contribution in [2.45, 2.75) is 108 Å². The lowest BCUT2D eigenvalue weighted by molar-refractivity contribution is -0.0448. The Kier molecular flexibility index (Phi) is 10.8. The van der Waals surface area contributed by atoms with Gasteiger partial charge in [-0.15, -0.1) is 0 Å². The Balaban J connectivity index is 1.42. The molecule has 0 amide bonds. The predicted octanol–water partition coefficient (Wildman–Crippen LogP) is 10.6. The Morgan fingerprint density at radius 2 is 0.783 bits per heavy atom. The van der Waals surface area contributed by atoms with Crippen LogP contribution >= 0.6 is 0 Å². The topological polar surface area (TPSA) is 40.5 Å². The number of benzene rings is 4. The van der Waals surface area contributed by atoms with Crippen LogP contribution in [0.4, 0.5) is 0 Å². The van der Waals surface area contributed by atoms with Crippen LogP contribution in [-0.4, -0.2) is 22.4 Å². The first kappa shape index (κ1) is 32.7. The fraction of sp³-hybridized carbons (Fsp3) is 0.455. The van der Waals surface area contributed by atoms with Crippen molar-refractivity contribution in [3.63, 3.8) is 0 Å². The van der Waals surface area contributed by atoms with Crippen molar-refractivity contribution < 1.29 is 10.2 Å². The minimum atomic E-state index is -0.410. The maximum absolute atomic E-state index is 12.1. The predicted molar refractivity (Wildman–Crippen MR) is 191 cm³/mol. The Morgan fingerprint density at radius 3 is 1.07 bits per heavy atom. The second-order valence-corrected chi connectivity index (χ2v) is 14.7. The maximum atomic E-state index is 12.1. The van der Waals surface area contributed by atoms with Crippen LogP contribution < -0.4 is 0 Å². The molecule has 6 rings (SSSR count). The molecule has 2 heteroatoms. The molecule has 0 saturated heterocycles. The number of hydrogen-bond acceptors (Lipinski definition) is 2. The number of aliphatic hydroxyl groups excluding tert-OH is 2. The lowest BCUT2D eigenvalue weighted by Crippen LogP contribution is -2.47. The monoisotopic (exact) mass is 614 g/mol. The van der Waals surface area contributed by atoms with Crippen LogP contribution in [0.25, 0.3) is 0 Å². The highest BCUT2D eigenvalue weighted by molar-refractivity contribution is 5.31. The molecule has 0 aliphatic heterocycles. The number of rotatable bonds is 11. The normalized spacial score (nSPS) is 29.6. The smallest absolute Gasteiger partial charge is 0.0677 e. The molecule has 2 fully saturated rings. The van der Waals surface area contributed by atoms with E-state index in [9.17, 15) is 10.2 Å². The van der Waals surface area contributed by atoms with Crippen LogP contribution in [0.2, 0.25) is 0 Å². The van der Waals surface area contributed by atoms with Crippen molar-refractivity contribution in [1.29, 1.82) is 0 Å². The molecule has 4 unspecified atom stereocenters. The molecule has 2 aliphatic carbocycles. The zero-order valence-electron chi connectivity index (χ0n) is 27.9. The molecule has 46 heavy (non-hydrogen) atoms. The Labute approximate surface area is 277 Å². The minimum Gasteiger partial charge on any atom is -0.392 e. The van der Waals surface area contributed by atoms with Gasteiger partial charge in [0, 0.05) is 23.7 Å². The van der Waals surface area contributed by atoms with Crippen LogP contribution in [0.5, 0.6) is 0 Å². The minimum absolute atomic E-state index is 0.0775. The van der Waals surface area contributed by atoms with Gasteiger partial charge in [-0.2, -0.15) is 0 Å². The standard InChI is InChI=1S/C44H54O2/c1-3-4-5-18-27-44(2,36-28-38(32-19-10-6-11-20-32)42(45)39(29-36)33-21-12-7-13-22-33)37-30-40(34-23-14-8-15-24-34)43(46)41(31-37)35-25-16-9-17-26-35/h6-17,19-26,36-43,45-46H,3-5,18,27-31H2,1-2H3. The van der Waals surface area contributed by atoms with E-state index in [1.165, 1.54) is 54.4 Å². The van der Waals surface area contributed by atoms with Crippen molar-refractivity contribution >= 4 is 0 Å². The maximum Gasteiger partial charge on any atom is 0.0677 e. The Hall–Kier alpha value is -3.20. The summed E-state index contributed by atoms with van der Waals surface area (Å²) in [6.45, 7) is 4.91. The van der Waals surface area contributed by atoms with Gasteiger partial charge >= 0.3 is 0 Å². The first-order valence-electron chi connectivity index (χ1n) is 18.1. The molecule has 0 radical (unpaired) electrons. The molecule has 4 atom stereocenters. The molecule has 242 valence electrons. The van der Waals surface area contributed by atoms with Gasteiger partial charge in [-0.25, -0.2) is 0 Å². The highest BCUT2D eigenvalue weighted by atomic mass is 16.3. The van der Waals surface area contributed by atoms with E-state index in [1.807, 2.05) is 0 Å². The third-order valence-electron chi connectivity index (χ3n) is 12.1. The van der Waals surface area contributed by atoms with E-state index in [4.69, 9.17) is 0 Å². The summed E-state index contributed by atoms with van der Waals surface area (Å²) >= 11 is 0. The summed E-state index contributed by atoms with van der Waals surface area (Å²) in [5.74, 6) is 1.32. The molecular formula is C44H54O2. The van der Waals surface area contributed by atoms with Crippen LogP contribution in [0.3, 0.4) is 0 Å². The van der Waals surface area contributed by atoms with E-state index in [0.717, 1.165) is 25.7 Å². The highest BCUT2D eigenvalue weighted by Gasteiger charge is 2.51. The van der Waals surface area contributed by atoms with Crippen molar-refractivity contribution in [2.24, 2.45) is 17.3 Å². The van der Waals surface area contributed by atoms with E-state index in [1.54, 1.807) is 0 Å². The van der Waals surface area contributed by atoms with Crippen molar-refractivity contribution in [2.75, 3.05) is 0 Å². The van der Waals surface area contributed by atoms with Crippen LogP contribution in [0.15, 0.2) is 121 Å². The van der Waals surface area contributed by atoms with E-state index < -0.39 is 12.2 Å². The fourth-order valence-corrected chi connectivity index (χ4v) is 9.42. The molecule has 0 heterocycles. The number of unbranched alkanes of at least 4 members (excludes halogenated alkanes) is 3. The van der Waals surface area contributed by atoms with Gasteiger partial charge in [0.2, 0.25) is 0 Å². The van der Waals surface area contributed by atoms with E-state index in [0.29, 0.717) is 11.8 Å². The molecule has 2 saturated carbocycles. The van der Waals surface area contributed by atoms with Crippen molar-refractivity contribution in [3.8, 4) is 0 Å². The number of aliphatic hydroxyl groups is 2. The SMILES string of the molecule is CCCCCCC(C)(C1CC(c2ccccc2)C(O)C(c2ccccc2)C1)C1CC(c2ccccc2)C(O)C(c2ccccc2)C1. The van der Waals surface area contributed by atoms with Gasteiger partial charge in [-0.05, 0) is 71.6 Å². The summed E-state index contributed by atoms with van der Waals surface area (Å²) in [5.41, 5.74) is 5.12.